The fourth-order valence-corrected chi connectivity index (χ4v) is 7.65. The van der Waals surface area contributed by atoms with E-state index in [1.54, 1.807) is 0 Å². The van der Waals surface area contributed by atoms with Crippen LogP contribution in [0.5, 0.6) is 0 Å². The normalized spacial score (nSPS) is 14.3. The third-order valence-corrected chi connectivity index (χ3v) is 12.1. The zero-order chi connectivity index (χ0) is 38.0. The summed E-state index contributed by atoms with van der Waals surface area (Å²) in [6.45, 7) is 11.2. The van der Waals surface area contributed by atoms with E-state index in [4.69, 9.17) is 0 Å². The number of benzene rings is 4. The third kappa shape index (κ3) is 10.6. The average molecular weight is 730 g/mol. The van der Waals surface area contributed by atoms with E-state index in [-0.39, 0.29) is 24.2 Å². The first-order valence-corrected chi connectivity index (χ1v) is 20.0. The van der Waals surface area contributed by atoms with Gasteiger partial charge in [-0.2, -0.15) is 0 Å². The largest absolute Gasteiger partial charge is 0.390 e. The quantitative estimate of drug-likeness (QED) is 0.0975. The van der Waals surface area contributed by atoms with Gasteiger partial charge in [0, 0.05) is 12.5 Å². The van der Waals surface area contributed by atoms with E-state index < -0.39 is 50.3 Å². The van der Waals surface area contributed by atoms with Crippen LogP contribution in [0.4, 0.5) is 0 Å². The fourth-order valence-electron chi connectivity index (χ4n) is 6.46. The van der Waals surface area contributed by atoms with Crippen molar-refractivity contribution in [1.29, 1.82) is 0 Å². The summed E-state index contributed by atoms with van der Waals surface area (Å²) in [4.78, 5) is 41.2. The van der Waals surface area contributed by atoms with E-state index >= 15 is 0 Å². The molecule has 52 heavy (non-hydrogen) atoms. The predicted molar refractivity (Wildman–Crippen MR) is 209 cm³/mol. The molecule has 1 unspecified atom stereocenters. The van der Waals surface area contributed by atoms with Crippen molar-refractivity contribution in [3.63, 3.8) is 0 Å². The minimum absolute atomic E-state index is 0.00337. The van der Waals surface area contributed by atoms with Crippen LogP contribution in [0, 0.1) is 17.8 Å². The van der Waals surface area contributed by atoms with Crippen molar-refractivity contribution in [2.45, 2.75) is 96.4 Å². The van der Waals surface area contributed by atoms with Crippen LogP contribution in [0.15, 0.2) is 84.9 Å². The number of fused-ring (bicyclic) bond motifs is 2. The highest BCUT2D eigenvalue weighted by Gasteiger charge is 2.39. The van der Waals surface area contributed by atoms with Crippen molar-refractivity contribution in [2.75, 3.05) is 6.54 Å². The summed E-state index contributed by atoms with van der Waals surface area (Å²) in [6, 6.07) is 26.7. The number of hydrogen-bond acceptors (Lipinski definition) is 6. The number of aliphatic hydroxyl groups is 1. The van der Waals surface area contributed by atoms with Gasteiger partial charge in [0.25, 0.3) is 5.91 Å². The molecule has 9 nitrogen and oxygen atoms in total. The molecule has 4 aromatic rings. The van der Waals surface area contributed by atoms with E-state index in [0.29, 0.717) is 25.8 Å². The molecule has 4 rings (SSSR count). The van der Waals surface area contributed by atoms with Gasteiger partial charge in [-0.1, -0.05) is 119 Å². The van der Waals surface area contributed by atoms with Crippen molar-refractivity contribution in [3.8, 4) is 0 Å². The van der Waals surface area contributed by atoms with Gasteiger partial charge < -0.3 is 21.1 Å². The van der Waals surface area contributed by atoms with Crippen molar-refractivity contribution < 1.29 is 27.9 Å². The first kappa shape index (κ1) is 40.5. The summed E-state index contributed by atoms with van der Waals surface area (Å²) in [6.07, 6.45) is 0.238. The number of rotatable bonds is 18. The molecule has 0 radical (unpaired) electrons. The summed E-state index contributed by atoms with van der Waals surface area (Å²) in [7, 11) is -4.23. The van der Waals surface area contributed by atoms with Gasteiger partial charge in [0.1, 0.15) is 0 Å². The first-order valence-electron chi connectivity index (χ1n) is 18.4. The molecule has 0 bridgehead atoms. The summed E-state index contributed by atoms with van der Waals surface area (Å²) >= 11 is 0. The Labute approximate surface area is 308 Å². The Kier molecular flexibility index (Phi) is 14.4. The van der Waals surface area contributed by atoms with Crippen LogP contribution in [-0.2, 0) is 37.1 Å². The lowest BCUT2D eigenvalue weighted by Crippen LogP contribution is -2.58. The molecule has 0 saturated heterocycles. The van der Waals surface area contributed by atoms with E-state index in [9.17, 15) is 27.9 Å². The second-order valence-corrected chi connectivity index (χ2v) is 17.3. The second kappa shape index (κ2) is 18.5. The van der Waals surface area contributed by atoms with Crippen LogP contribution in [0.1, 0.15) is 71.9 Å². The van der Waals surface area contributed by atoms with Crippen molar-refractivity contribution in [2.24, 2.45) is 17.8 Å². The van der Waals surface area contributed by atoms with Crippen molar-refractivity contribution >= 4 is 49.1 Å². The summed E-state index contributed by atoms with van der Waals surface area (Å²) < 4.78 is 27.6. The number of aliphatic hydroxyl groups excluding tert-OH is 1. The Morgan fingerprint density at radius 3 is 1.73 bits per heavy atom. The van der Waals surface area contributed by atoms with E-state index in [1.807, 2.05) is 113 Å². The molecule has 0 aliphatic carbocycles. The zero-order valence-corrected chi connectivity index (χ0v) is 32.1. The summed E-state index contributed by atoms with van der Waals surface area (Å²) in [5.74, 6) is -2.34. The maximum atomic E-state index is 14.4. The molecule has 0 heterocycles. The van der Waals surface area contributed by atoms with Crippen LogP contribution >= 0.6 is 0 Å². The highest BCUT2D eigenvalue weighted by molar-refractivity contribution is 7.93. The summed E-state index contributed by atoms with van der Waals surface area (Å²) in [5.41, 5.74) is 1.86. The van der Waals surface area contributed by atoms with E-state index in [2.05, 4.69) is 16.0 Å². The molecule has 4 aromatic carbocycles. The van der Waals surface area contributed by atoms with Gasteiger partial charge in [0.05, 0.1) is 23.8 Å². The topological polar surface area (TPSA) is 142 Å². The lowest BCUT2D eigenvalue weighted by Gasteiger charge is -2.29. The molecule has 3 amide bonds. The van der Waals surface area contributed by atoms with Crippen LogP contribution in [0.3, 0.4) is 0 Å². The monoisotopic (exact) mass is 729 g/mol. The molecule has 0 fully saturated rings. The number of carbonyl (C=O) groups excluding carboxylic acids is 3. The Morgan fingerprint density at radius 2 is 1.23 bits per heavy atom. The van der Waals surface area contributed by atoms with Gasteiger partial charge in [-0.25, -0.2) is 8.42 Å². The van der Waals surface area contributed by atoms with Crippen molar-refractivity contribution in [1.82, 2.24) is 16.0 Å². The third-order valence-electron chi connectivity index (χ3n) is 9.82. The van der Waals surface area contributed by atoms with Gasteiger partial charge in [0.15, 0.2) is 9.84 Å². The number of sulfone groups is 1. The molecule has 0 saturated carbocycles. The molecular weight excluding hydrogens is 675 g/mol. The van der Waals surface area contributed by atoms with Crippen LogP contribution < -0.4 is 16.0 Å². The number of hydrogen-bond donors (Lipinski definition) is 4. The van der Waals surface area contributed by atoms with Gasteiger partial charge >= 0.3 is 0 Å². The van der Waals surface area contributed by atoms with Gasteiger partial charge in [0.2, 0.25) is 17.2 Å². The minimum atomic E-state index is -4.23. The van der Waals surface area contributed by atoms with Crippen LogP contribution in [-0.4, -0.2) is 60.6 Å². The van der Waals surface area contributed by atoms with E-state index in [0.717, 1.165) is 39.1 Å². The standard InChI is InChI=1S/C42H55N3O6S/c1-7-29(6)26-43-39(47)25-38(46)37(22-27(2)3)44-41(49)42(52(50,51)28(4)5)45-40(48)34(23-32-18-12-16-30-14-8-10-20-35(30)32)24-33-19-13-17-31-15-9-11-21-36(31)33/h8-21,27-29,34,37-38,42,46H,7,22-26H2,1-6H3,(H,43,47)(H,44,49)(H,45,48)/t29-,37-,38+,42?/m0/s1. The van der Waals surface area contributed by atoms with Gasteiger partial charge in [-0.3, -0.25) is 14.4 Å². The van der Waals surface area contributed by atoms with Crippen LogP contribution in [0.2, 0.25) is 0 Å². The maximum absolute atomic E-state index is 14.4. The number of amides is 3. The molecule has 0 aliphatic rings. The van der Waals surface area contributed by atoms with Gasteiger partial charge in [-0.15, -0.1) is 0 Å². The molecule has 4 N–H and O–H groups in total. The lowest BCUT2D eigenvalue weighted by molar-refractivity contribution is -0.130. The van der Waals surface area contributed by atoms with Crippen molar-refractivity contribution in [3.05, 3.63) is 96.1 Å². The maximum Gasteiger partial charge on any atom is 0.258 e. The Hall–Kier alpha value is -4.28. The minimum Gasteiger partial charge on any atom is -0.390 e. The number of nitrogens with one attached hydrogen (secondary N) is 3. The lowest BCUT2D eigenvalue weighted by atomic mass is 9.88. The first-order chi connectivity index (χ1) is 24.7. The second-order valence-electron chi connectivity index (χ2n) is 14.7. The SMILES string of the molecule is CC[C@H](C)CNC(=O)C[C@@H](O)[C@H](CC(C)C)NC(=O)C(NC(=O)C(Cc1cccc2ccccc12)Cc1cccc2ccccc12)S(=O)(=O)C(C)C. The molecule has 0 aromatic heterocycles. The Morgan fingerprint density at radius 1 is 0.712 bits per heavy atom. The van der Waals surface area contributed by atoms with Crippen LogP contribution in [0.25, 0.3) is 21.5 Å². The molecule has 10 heteroatoms. The fraction of sp³-hybridized carbons (Fsp3) is 0.452. The molecule has 4 atom stereocenters. The Balaban J connectivity index is 1.66. The highest BCUT2D eigenvalue weighted by atomic mass is 32.2. The zero-order valence-electron chi connectivity index (χ0n) is 31.3. The molecule has 280 valence electrons. The smallest absolute Gasteiger partial charge is 0.258 e. The molecule has 0 spiro atoms. The van der Waals surface area contributed by atoms with E-state index in [1.165, 1.54) is 13.8 Å². The molecule has 0 aliphatic heterocycles. The number of carbonyl (C=O) groups is 3. The highest BCUT2D eigenvalue weighted by Crippen LogP contribution is 2.27. The molecular formula is C42H55N3O6S. The Bertz CT molecular complexity index is 1850. The average Bonchev–Trinajstić information content (AvgIpc) is 3.11. The van der Waals surface area contributed by atoms with Gasteiger partial charge in [-0.05, 0) is 77.6 Å². The predicted octanol–water partition coefficient (Wildman–Crippen LogP) is 6.10. The summed E-state index contributed by atoms with van der Waals surface area (Å²) in [5, 5.41) is 20.5.